The van der Waals surface area contributed by atoms with E-state index in [1.54, 1.807) is 0 Å². The molecule has 3 atom stereocenters. The Morgan fingerprint density at radius 2 is 1.78 bits per heavy atom. The Labute approximate surface area is 294 Å². The molecule has 1 unspecified atom stereocenters. The van der Waals surface area contributed by atoms with Gasteiger partial charge in [-0.05, 0) is 94.1 Å². The van der Waals surface area contributed by atoms with E-state index in [0.717, 1.165) is 68.4 Å². The SMILES string of the molecule is CC[C@@H](CC(C(=O)N1CCC[C@H]1c1nc2c(ccc3c4c(ccc32)-c2ccc(B3OC(C)(C)C(C)(C)O3)cc2CO4)[nH]1)C(C)C)NC(=O)OC. The van der Waals surface area contributed by atoms with Crippen LogP contribution >= 0.6 is 0 Å². The summed E-state index contributed by atoms with van der Waals surface area (Å²) in [6.45, 7) is 15.6. The minimum Gasteiger partial charge on any atom is -0.488 e. The smallest absolute Gasteiger partial charge is 0.488 e. The monoisotopic (exact) mass is 680 g/mol. The van der Waals surface area contributed by atoms with Crippen molar-refractivity contribution in [1.82, 2.24) is 20.2 Å². The first-order valence-electron chi connectivity index (χ1n) is 18.0. The van der Waals surface area contributed by atoms with Crippen LogP contribution in [0, 0.1) is 11.8 Å². The summed E-state index contributed by atoms with van der Waals surface area (Å²) in [6, 6.07) is 14.5. The number of H-pyrrole nitrogens is 1. The van der Waals surface area contributed by atoms with E-state index < -0.39 is 24.4 Å². The summed E-state index contributed by atoms with van der Waals surface area (Å²) < 4.78 is 23.9. The number of aromatic nitrogens is 2. The van der Waals surface area contributed by atoms with Crippen LogP contribution in [0.2, 0.25) is 0 Å². The molecule has 50 heavy (non-hydrogen) atoms. The van der Waals surface area contributed by atoms with Crippen LogP contribution in [0.5, 0.6) is 5.75 Å². The Kier molecular flexibility index (Phi) is 8.87. The highest BCUT2D eigenvalue weighted by atomic mass is 16.7. The number of hydrogen-bond acceptors (Lipinski definition) is 7. The fourth-order valence-electron chi connectivity index (χ4n) is 7.71. The molecule has 0 spiro atoms. The number of imidazole rings is 1. The molecule has 2 amide bonds. The van der Waals surface area contributed by atoms with E-state index in [9.17, 15) is 9.59 Å². The second-order valence-corrected chi connectivity index (χ2v) is 15.4. The lowest BCUT2D eigenvalue weighted by molar-refractivity contribution is -0.138. The Morgan fingerprint density at radius 3 is 2.48 bits per heavy atom. The average molecular weight is 681 g/mol. The van der Waals surface area contributed by atoms with Crippen LogP contribution in [0.15, 0.2) is 42.5 Å². The molecule has 3 aromatic carbocycles. The molecule has 4 heterocycles. The summed E-state index contributed by atoms with van der Waals surface area (Å²) in [7, 11) is 0.933. The van der Waals surface area contributed by atoms with Crippen molar-refractivity contribution in [2.75, 3.05) is 13.7 Å². The maximum Gasteiger partial charge on any atom is 0.494 e. The van der Waals surface area contributed by atoms with Crippen molar-refractivity contribution in [3.63, 3.8) is 0 Å². The summed E-state index contributed by atoms with van der Waals surface area (Å²) >= 11 is 0. The van der Waals surface area contributed by atoms with Gasteiger partial charge in [-0.15, -0.1) is 0 Å². The normalized spacial score (nSPS) is 20.5. The van der Waals surface area contributed by atoms with Gasteiger partial charge in [0.05, 0.1) is 35.4 Å². The highest BCUT2D eigenvalue weighted by molar-refractivity contribution is 6.62. The number of benzene rings is 3. The van der Waals surface area contributed by atoms with Crippen molar-refractivity contribution >= 4 is 46.4 Å². The molecule has 2 N–H and O–H groups in total. The Balaban J connectivity index is 1.16. The standard InChI is InChI=1S/C39H49BN4O6/c1-9-25(41-37(46)47-8)20-30(22(2)3)36(45)44-18-10-11-32(44)35-42-31-17-16-29-27(33(31)43-35)14-15-28-26-13-12-24(19-23(26)21-48-34(28)29)40-49-38(4,5)39(6,7)50-40/h12-17,19,22,25,30,32H,9-11,18,20-21H2,1-8H3,(H,41,46)(H,42,43)/t25-,30?,32-/m0/s1. The summed E-state index contributed by atoms with van der Waals surface area (Å²) in [5.74, 6) is 1.65. The number of nitrogens with one attached hydrogen (secondary N) is 2. The Hall–Kier alpha value is -4.09. The number of hydrogen-bond donors (Lipinski definition) is 2. The third-order valence-corrected chi connectivity index (χ3v) is 11.4. The molecular formula is C39H49BN4O6. The first kappa shape index (κ1) is 34.4. The number of aromatic amines is 1. The number of methoxy groups -OCH3 is 1. The molecule has 10 nitrogen and oxygen atoms in total. The molecule has 3 aliphatic heterocycles. The van der Waals surface area contributed by atoms with Gasteiger partial charge in [-0.2, -0.15) is 0 Å². The van der Waals surface area contributed by atoms with E-state index in [2.05, 4.69) is 94.3 Å². The van der Waals surface area contributed by atoms with Gasteiger partial charge < -0.3 is 34.0 Å². The zero-order chi connectivity index (χ0) is 35.5. The lowest BCUT2D eigenvalue weighted by Gasteiger charge is -2.32. The molecule has 0 radical (unpaired) electrons. The summed E-state index contributed by atoms with van der Waals surface area (Å²) in [6.07, 6.45) is 2.56. The Bertz CT molecular complexity index is 1940. The molecule has 4 aromatic rings. The molecule has 7 rings (SSSR count). The van der Waals surface area contributed by atoms with Gasteiger partial charge in [0, 0.05) is 34.8 Å². The topological polar surface area (TPSA) is 115 Å². The van der Waals surface area contributed by atoms with Crippen molar-refractivity contribution in [3.05, 3.63) is 53.9 Å². The van der Waals surface area contributed by atoms with Gasteiger partial charge in [0.25, 0.3) is 0 Å². The number of carbonyl (C=O) groups excluding carboxylic acids is 2. The third kappa shape index (κ3) is 5.92. The van der Waals surface area contributed by atoms with Gasteiger partial charge in [0.15, 0.2) is 0 Å². The molecule has 2 saturated heterocycles. The van der Waals surface area contributed by atoms with E-state index in [-0.39, 0.29) is 29.8 Å². The number of carbonyl (C=O) groups is 2. The number of fused-ring (bicyclic) bond motifs is 7. The van der Waals surface area contributed by atoms with Crippen LogP contribution < -0.4 is 15.5 Å². The molecule has 0 bridgehead atoms. The largest absolute Gasteiger partial charge is 0.494 e. The number of alkyl carbamates (subject to hydrolysis) is 1. The van der Waals surface area contributed by atoms with Crippen LogP contribution in [-0.2, 0) is 25.4 Å². The van der Waals surface area contributed by atoms with E-state index in [4.69, 9.17) is 23.8 Å². The Morgan fingerprint density at radius 1 is 1.06 bits per heavy atom. The lowest BCUT2D eigenvalue weighted by atomic mass is 9.77. The molecule has 1 aromatic heterocycles. The van der Waals surface area contributed by atoms with Gasteiger partial charge in [0.1, 0.15) is 18.2 Å². The summed E-state index contributed by atoms with van der Waals surface area (Å²) in [4.78, 5) is 36.8. The maximum absolute atomic E-state index is 14.1. The van der Waals surface area contributed by atoms with Crippen molar-refractivity contribution in [1.29, 1.82) is 0 Å². The summed E-state index contributed by atoms with van der Waals surface area (Å²) in [5.41, 5.74) is 5.28. The van der Waals surface area contributed by atoms with Gasteiger partial charge in [-0.1, -0.05) is 45.0 Å². The fraction of sp³-hybridized carbons (Fsp3) is 0.513. The first-order valence-corrected chi connectivity index (χ1v) is 18.0. The number of likely N-dealkylation sites (tertiary alicyclic amines) is 1. The zero-order valence-corrected chi connectivity index (χ0v) is 30.5. The highest BCUT2D eigenvalue weighted by Gasteiger charge is 2.52. The number of amides is 2. The molecule has 0 aliphatic carbocycles. The zero-order valence-electron chi connectivity index (χ0n) is 30.5. The third-order valence-electron chi connectivity index (χ3n) is 11.4. The predicted molar refractivity (Wildman–Crippen MR) is 195 cm³/mol. The number of nitrogens with zero attached hydrogens (tertiary/aromatic N) is 2. The molecule has 11 heteroatoms. The van der Waals surface area contributed by atoms with Crippen LogP contribution in [0.4, 0.5) is 4.79 Å². The number of rotatable bonds is 8. The van der Waals surface area contributed by atoms with Crippen molar-refractivity contribution in [2.45, 2.75) is 104 Å². The van der Waals surface area contributed by atoms with Crippen molar-refractivity contribution in [2.24, 2.45) is 11.8 Å². The second-order valence-electron chi connectivity index (χ2n) is 15.4. The fourth-order valence-corrected chi connectivity index (χ4v) is 7.71. The summed E-state index contributed by atoms with van der Waals surface area (Å²) in [5, 5.41) is 4.92. The van der Waals surface area contributed by atoms with Crippen LogP contribution in [0.1, 0.15) is 91.6 Å². The van der Waals surface area contributed by atoms with E-state index in [1.807, 2.05) is 11.8 Å². The molecular weight excluding hydrogens is 631 g/mol. The average Bonchev–Trinajstić information content (AvgIpc) is 3.80. The quantitative estimate of drug-likeness (QED) is 0.192. The lowest BCUT2D eigenvalue weighted by Crippen LogP contribution is -2.43. The number of ether oxygens (including phenoxy) is 2. The van der Waals surface area contributed by atoms with Gasteiger partial charge >= 0.3 is 13.2 Å². The first-order chi connectivity index (χ1) is 23.8. The van der Waals surface area contributed by atoms with E-state index in [0.29, 0.717) is 26.0 Å². The molecule has 2 fully saturated rings. The minimum absolute atomic E-state index is 0.112. The van der Waals surface area contributed by atoms with Gasteiger partial charge in [-0.3, -0.25) is 4.79 Å². The molecule has 3 aliphatic rings. The van der Waals surface area contributed by atoms with Crippen LogP contribution in [-0.4, -0.2) is 64.9 Å². The van der Waals surface area contributed by atoms with E-state index in [1.165, 1.54) is 7.11 Å². The van der Waals surface area contributed by atoms with E-state index >= 15 is 0 Å². The minimum atomic E-state index is -0.469. The second kappa shape index (κ2) is 12.9. The highest BCUT2D eigenvalue weighted by Crippen LogP contribution is 2.44. The molecule has 264 valence electrons. The van der Waals surface area contributed by atoms with Crippen molar-refractivity contribution < 1.29 is 28.4 Å². The maximum atomic E-state index is 14.1. The van der Waals surface area contributed by atoms with Gasteiger partial charge in [-0.25, -0.2) is 9.78 Å². The van der Waals surface area contributed by atoms with Crippen molar-refractivity contribution in [3.8, 4) is 16.9 Å². The van der Waals surface area contributed by atoms with Crippen LogP contribution in [0.25, 0.3) is 32.9 Å². The van der Waals surface area contributed by atoms with Gasteiger partial charge in [0.2, 0.25) is 5.91 Å². The van der Waals surface area contributed by atoms with Crippen LogP contribution in [0.3, 0.4) is 0 Å². The predicted octanol–water partition coefficient (Wildman–Crippen LogP) is 7.04. The molecule has 0 saturated carbocycles.